The van der Waals surface area contributed by atoms with E-state index in [9.17, 15) is 4.39 Å². The Kier molecular flexibility index (Phi) is 8.69. The highest BCUT2D eigenvalue weighted by Gasteiger charge is 2.11. The molecule has 0 bridgehead atoms. The van der Waals surface area contributed by atoms with Crippen molar-refractivity contribution in [3.63, 3.8) is 0 Å². The molecule has 0 fully saturated rings. The molecule has 0 aliphatic heterocycles. The third-order valence-corrected chi connectivity index (χ3v) is 3.56. The predicted octanol–water partition coefficient (Wildman–Crippen LogP) is 2.23. The van der Waals surface area contributed by atoms with Crippen LogP contribution in [0.15, 0.2) is 41.5 Å². The van der Waals surface area contributed by atoms with Crippen molar-refractivity contribution in [1.82, 2.24) is 20.4 Å². The highest BCUT2D eigenvalue weighted by Crippen LogP contribution is 2.16. The Morgan fingerprint density at radius 3 is 2.54 bits per heavy atom. The summed E-state index contributed by atoms with van der Waals surface area (Å²) >= 11 is 0. The van der Waals surface area contributed by atoms with Crippen LogP contribution in [-0.2, 0) is 18.3 Å². The van der Waals surface area contributed by atoms with E-state index in [0.29, 0.717) is 19.0 Å². The van der Waals surface area contributed by atoms with Gasteiger partial charge in [0.2, 0.25) is 0 Å². The zero-order valence-electron chi connectivity index (χ0n) is 14.0. The Bertz CT molecular complexity index is 644. The van der Waals surface area contributed by atoms with Crippen LogP contribution in [-0.4, -0.2) is 36.4 Å². The van der Waals surface area contributed by atoms with Gasteiger partial charge < -0.3 is 15.4 Å². The van der Waals surface area contributed by atoms with Crippen LogP contribution in [0.1, 0.15) is 17.4 Å². The number of hydrogen-bond acceptors (Lipinski definition) is 3. The van der Waals surface area contributed by atoms with Crippen molar-refractivity contribution in [3.8, 4) is 0 Å². The third-order valence-electron chi connectivity index (χ3n) is 3.56. The molecule has 1 atom stereocenters. The van der Waals surface area contributed by atoms with E-state index < -0.39 is 0 Å². The lowest BCUT2D eigenvalue weighted by Gasteiger charge is -2.18. The summed E-state index contributed by atoms with van der Waals surface area (Å²) in [5.41, 5.74) is 1.96. The van der Waals surface area contributed by atoms with Gasteiger partial charge in [0.1, 0.15) is 5.82 Å². The fraction of sp³-hybridized carbons (Fsp3) is 0.375. The number of hydrogen-bond donors (Lipinski definition) is 2. The fourth-order valence-electron chi connectivity index (χ4n) is 2.17. The van der Waals surface area contributed by atoms with E-state index in [-0.39, 0.29) is 35.9 Å². The van der Waals surface area contributed by atoms with Gasteiger partial charge in [0.05, 0.1) is 18.3 Å². The van der Waals surface area contributed by atoms with Gasteiger partial charge in [0, 0.05) is 33.9 Å². The Balaban J connectivity index is 0.00000288. The molecule has 2 N–H and O–H groups in total. The minimum absolute atomic E-state index is 0. The third kappa shape index (κ3) is 5.75. The molecule has 8 heteroatoms. The number of aromatic nitrogens is 2. The second kappa shape index (κ2) is 10.2. The molecule has 0 saturated heterocycles. The summed E-state index contributed by atoms with van der Waals surface area (Å²) in [5, 5.41) is 10.5. The standard InChI is InChI=1S/C16H22FN5O.HI/c1-18-16(19-10-14-8-9-21-22(14)2)20-11-15(23-3)12-4-6-13(17)7-5-12;/h4-9,15H,10-11H2,1-3H3,(H2,18,19,20);1H. The lowest BCUT2D eigenvalue weighted by molar-refractivity contribution is 0.106. The zero-order valence-corrected chi connectivity index (χ0v) is 16.3. The number of aliphatic imine (C=N–C) groups is 1. The van der Waals surface area contributed by atoms with Crippen LogP contribution in [0.5, 0.6) is 0 Å². The average Bonchev–Trinajstić information content (AvgIpc) is 2.97. The minimum Gasteiger partial charge on any atom is -0.375 e. The van der Waals surface area contributed by atoms with E-state index in [1.807, 2.05) is 13.1 Å². The normalized spacial score (nSPS) is 12.4. The topological polar surface area (TPSA) is 63.5 Å². The van der Waals surface area contributed by atoms with Crippen LogP contribution in [0, 0.1) is 5.82 Å². The number of aryl methyl sites for hydroxylation is 1. The van der Waals surface area contributed by atoms with Crippen molar-refractivity contribution in [2.45, 2.75) is 12.6 Å². The lowest BCUT2D eigenvalue weighted by Crippen LogP contribution is -2.39. The van der Waals surface area contributed by atoms with Crippen LogP contribution in [0.2, 0.25) is 0 Å². The number of rotatable bonds is 6. The predicted molar refractivity (Wildman–Crippen MR) is 103 cm³/mol. The molecule has 1 unspecified atom stereocenters. The van der Waals surface area contributed by atoms with Gasteiger partial charge in [-0.1, -0.05) is 12.1 Å². The van der Waals surface area contributed by atoms with Gasteiger partial charge >= 0.3 is 0 Å². The van der Waals surface area contributed by atoms with Crippen molar-refractivity contribution in [1.29, 1.82) is 0 Å². The van der Waals surface area contributed by atoms with Gasteiger partial charge in [-0.25, -0.2) is 4.39 Å². The largest absolute Gasteiger partial charge is 0.375 e. The summed E-state index contributed by atoms with van der Waals surface area (Å²) in [6.45, 7) is 1.14. The van der Waals surface area contributed by atoms with Gasteiger partial charge in [-0.3, -0.25) is 9.67 Å². The van der Waals surface area contributed by atoms with Gasteiger partial charge in [-0.2, -0.15) is 5.10 Å². The summed E-state index contributed by atoms with van der Waals surface area (Å²) in [6.07, 6.45) is 1.56. The molecule has 1 heterocycles. The molecule has 132 valence electrons. The Labute approximate surface area is 158 Å². The maximum atomic E-state index is 13.0. The quantitative estimate of drug-likeness (QED) is 0.405. The highest BCUT2D eigenvalue weighted by atomic mass is 127. The van der Waals surface area contributed by atoms with Crippen molar-refractivity contribution in [2.75, 3.05) is 20.7 Å². The molecular formula is C16H23FIN5O. The van der Waals surface area contributed by atoms with Gasteiger partial charge in [-0.05, 0) is 23.8 Å². The molecule has 0 aliphatic rings. The summed E-state index contributed by atoms with van der Waals surface area (Å²) in [6, 6.07) is 8.23. The average molecular weight is 447 g/mol. The number of ether oxygens (including phenoxy) is 1. The molecule has 0 radical (unpaired) electrons. The maximum absolute atomic E-state index is 13.0. The molecule has 2 aromatic rings. The maximum Gasteiger partial charge on any atom is 0.191 e. The number of halogens is 2. The van der Waals surface area contributed by atoms with Gasteiger partial charge in [0.25, 0.3) is 0 Å². The molecule has 0 amide bonds. The van der Waals surface area contributed by atoms with Crippen LogP contribution in [0.4, 0.5) is 4.39 Å². The van der Waals surface area contributed by atoms with E-state index >= 15 is 0 Å². The summed E-state index contributed by atoms with van der Waals surface area (Å²) in [5.74, 6) is 0.403. The summed E-state index contributed by atoms with van der Waals surface area (Å²) in [7, 11) is 5.22. The molecule has 0 saturated carbocycles. The van der Waals surface area contributed by atoms with Crippen molar-refractivity contribution in [3.05, 3.63) is 53.6 Å². The molecule has 2 rings (SSSR count). The molecule has 0 aliphatic carbocycles. The first-order valence-corrected chi connectivity index (χ1v) is 7.33. The lowest BCUT2D eigenvalue weighted by atomic mass is 10.1. The fourth-order valence-corrected chi connectivity index (χ4v) is 2.17. The monoisotopic (exact) mass is 447 g/mol. The van der Waals surface area contributed by atoms with Crippen molar-refractivity contribution >= 4 is 29.9 Å². The van der Waals surface area contributed by atoms with Crippen LogP contribution in [0.25, 0.3) is 0 Å². The molecule has 0 spiro atoms. The molecule has 1 aromatic carbocycles. The second-order valence-corrected chi connectivity index (χ2v) is 5.03. The smallest absolute Gasteiger partial charge is 0.191 e. The first-order valence-electron chi connectivity index (χ1n) is 7.33. The van der Waals surface area contributed by atoms with Gasteiger partial charge in [0.15, 0.2) is 5.96 Å². The van der Waals surface area contributed by atoms with E-state index in [1.165, 1.54) is 12.1 Å². The minimum atomic E-state index is -0.259. The van der Waals surface area contributed by atoms with Crippen LogP contribution in [0.3, 0.4) is 0 Å². The van der Waals surface area contributed by atoms with E-state index in [4.69, 9.17) is 4.74 Å². The molecule has 6 nitrogen and oxygen atoms in total. The first kappa shape index (κ1) is 20.4. The van der Waals surface area contributed by atoms with Crippen molar-refractivity contribution < 1.29 is 9.13 Å². The number of nitrogens with one attached hydrogen (secondary N) is 2. The first-order chi connectivity index (χ1) is 11.1. The van der Waals surface area contributed by atoms with Crippen LogP contribution < -0.4 is 10.6 Å². The molecular weight excluding hydrogens is 424 g/mol. The van der Waals surface area contributed by atoms with E-state index in [0.717, 1.165) is 11.3 Å². The van der Waals surface area contributed by atoms with Gasteiger partial charge in [-0.15, -0.1) is 24.0 Å². The highest BCUT2D eigenvalue weighted by molar-refractivity contribution is 14.0. The second-order valence-electron chi connectivity index (χ2n) is 5.03. The SMILES string of the molecule is CN=C(NCc1ccnn1C)NCC(OC)c1ccc(F)cc1.I. The Hall–Kier alpha value is -1.68. The molecule has 24 heavy (non-hydrogen) atoms. The number of nitrogens with zero attached hydrogens (tertiary/aromatic N) is 3. The van der Waals surface area contributed by atoms with E-state index in [2.05, 4.69) is 20.7 Å². The number of methoxy groups -OCH3 is 1. The van der Waals surface area contributed by atoms with Crippen LogP contribution >= 0.6 is 24.0 Å². The zero-order chi connectivity index (χ0) is 16.7. The van der Waals surface area contributed by atoms with Crippen molar-refractivity contribution in [2.24, 2.45) is 12.0 Å². The summed E-state index contributed by atoms with van der Waals surface area (Å²) in [4.78, 5) is 4.18. The van der Waals surface area contributed by atoms with E-state index in [1.54, 1.807) is 37.2 Å². The Morgan fingerprint density at radius 2 is 2.00 bits per heavy atom. The number of guanidine groups is 1. The number of benzene rings is 1. The Morgan fingerprint density at radius 1 is 1.29 bits per heavy atom. The summed E-state index contributed by atoms with van der Waals surface area (Å²) < 4.78 is 20.3. The molecule has 1 aromatic heterocycles.